The summed E-state index contributed by atoms with van der Waals surface area (Å²) in [5, 5.41) is 11.6. The molecule has 0 saturated carbocycles. The molecule has 21 heavy (non-hydrogen) atoms. The molecule has 0 radical (unpaired) electrons. The fourth-order valence-electron chi connectivity index (χ4n) is 1.88. The van der Waals surface area contributed by atoms with Crippen molar-refractivity contribution >= 4 is 0 Å². The van der Waals surface area contributed by atoms with Gasteiger partial charge in [0.15, 0.2) is 0 Å². The van der Waals surface area contributed by atoms with Gasteiger partial charge in [-0.3, -0.25) is 0 Å². The van der Waals surface area contributed by atoms with Crippen molar-refractivity contribution in [3.8, 4) is 11.6 Å². The highest BCUT2D eigenvalue weighted by Gasteiger charge is 2.03. The van der Waals surface area contributed by atoms with Crippen LogP contribution in [0.25, 0.3) is 0 Å². The number of aryl methyl sites for hydroxylation is 2. The van der Waals surface area contributed by atoms with E-state index < -0.39 is 0 Å². The van der Waals surface area contributed by atoms with Crippen LogP contribution in [0.3, 0.4) is 0 Å². The van der Waals surface area contributed by atoms with E-state index in [2.05, 4.69) is 43.2 Å². The summed E-state index contributed by atoms with van der Waals surface area (Å²) in [7, 11) is 0. The minimum Gasteiger partial charge on any atom is -0.438 e. The second-order valence-corrected chi connectivity index (χ2v) is 5.74. The summed E-state index contributed by atoms with van der Waals surface area (Å²) in [5.41, 5.74) is 3.37. The molecule has 0 atom stereocenters. The van der Waals surface area contributed by atoms with Crippen molar-refractivity contribution in [1.29, 1.82) is 0 Å². The Bertz CT molecular complexity index is 579. The topological polar surface area (TPSA) is 47.0 Å². The van der Waals surface area contributed by atoms with Crippen LogP contribution >= 0.6 is 0 Å². The van der Waals surface area contributed by atoms with Gasteiger partial charge in [-0.2, -0.15) is 5.10 Å². The molecule has 4 heteroatoms. The van der Waals surface area contributed by atoms with Crippen molar-refractivity contribution in [2.45, 2.75) is 34.2 Å². The Morgan fingerprint density at radius 1 is 1.05 bits per heavy atom. The molecule has 0 aliphatic rings. The summed E-state index contributed by atoms with van der Waals surface area (Å²) in [4.78, 5) is 0. The summed E-state index contributed by atoms with van der Waals surface area (Å²) in [6.07, 6.45) is 0. The molecule has 0 aliphatic heterocycles. The first kappa shape index (κ1) is 15.4. The number of aromatic nitrogens is 2. The van der Waals surface area contributed by atoms with E-state index in [1.54, 1.807) is 0 Å². The van der Waals surface area contributed by atoms with Gasteiger partial charge < -0.3 is 10.1 Å². The highest BCUT2D eigenvalue weighted by molar-refractivity contribution is 5.35. The predicted octanol–water partition coefficient (Wildman–Crippen LogP) is 3.63. The third-order valence-corrected chi connectivity index (χ3v) is 3.25. The average molecular weight is 285 g/mol. The lowest BCUT2D eigenvalue weighted by atomic mass is 10.1. The van der Waals surface area contributed by atoms with E-state index in [0.29, 0.717) is 11.8 Å². The van der Waals surface area contributed by atoms with Crippen molar-refractivity contribution in [3.05, 3.63) is 47.2 Å². The van der Waals surface area contributed by atoms with E-state index in [0.717, 1.165) is 24.5 Å². The lowest BCUT2D eigenvalue weighted by molar-refractivity contribution is 0.452. The molecule has 2 rings (SSSR count). The molecule has 0 spiro atoms. The molecule has 112 valence electrons. The highest BCUT2D eigenvalue weighted by Crippen LogP contribution is 2.21. The van der Waals surface area contributed by atoms with Crippen LogP contribution in [0.1, 0.15) is 30.7 Å². The number of nitrogens with one attached hydrogen (secondary N) is 1. The van der Waals surface area contributed by atoms with Crippen LogP contribution in [0, 0.1) is 19.8 Å². The van der Waals surface area contributed by atoms with Crippen LogP contribution in [0.2, 0.25) is 0 Å². The van der Waals surface area contributed by atoms with E-state index >= 15 is 0 Å². The van der Waals surface area contributed by atoms with E-state index in [4.69, 9.17) is 4.74 Å². The van der Waals surface area contributed by atoms with Crippen molar-refractivity contribution < 1.29 is 4.74 Å². The lowest BCUT2D eigenvalue weighted by Crippen LogP contribution is -2.19. The van der Waals surface area contributed by atoms with Gasteiger partial charge in [-0.1, -0.05) is 19.9 Å². The first-order valence-corrected chi connectivity index (χ1v) is 7.33. The monoisotopic (exact) mass is 285 g/mol. The van der Waals surface area contributed by atoms with Gasteiger partial charge in [0.2, 0.25) is 5.88 Å². The van der Waals surface area contributed by atoms with Crippen LogP contribution in [0.15, 0.2) is 30.3 Å². The Morgan fingerprint density at radius 3 is 2.48 bits per heavy atom. The molecule has 1 N–H and O–H groups in total. The molecule has 1 aromatic carbocycles. The van der Waals surface area contributed by atoms with E-state index in [1.165, 1.54) is 11.1 Å². The largest absolute Gasteiger partial charge is 0.438 e. The van der Waals surface area contributed by atoms with Gasteiger partial charge in [0.05, 0.1) is 5.69 Å². The molecular formula is C17H23N3O. The molecule has 4 nitrogen and oxygen atoms in total. The highest BCUT2D eigenvalue weighted by atomic mass is 16.5. The Hall–Kier alpha value is -1.94. The molecule has 0 bridgehead atoms. The average Bonchev–Trinajstić information content (AvgIpc) is 2.44. The van der Waals surface area contributed by atoms with Crippen LogP contribution in [0.4, 0.5) is 0 Å². The van der Waals surface area contributed by atoms with Gasteiger partial charge in [0.1, 0.15) is 5.75 Å². The Kier molecular flexibility index (Phi) is 5.28. The minimum atomic E-state index is 0.519. The van der Waals surface area contributed by atoms with E-state index in [-0.39, 0.29) is 0 Å². The zero-order valence-corrected chi connectivity index (χ0v) is 13.2. The third-order valence-electron chi connectivity index (χ3n) is 3.25. The molecule has 0 aliphatic carbocycles. The second-order valence-electron chi connectivity index (χ2n) is 5.74. The van der Waals surface area contributed by atoms with Crippen molar-refractivity contribution in [2.75, 3.05) is 6.54 Å². The number of ether oxygens (including phenoxy) is 1. The minimum absolute atomic E-state index is 0.519. The van der Waals surface area contributed by atoms with Gasteiger partial charge in [-0.05, 0) is 55.6 Å². The van der Waals surface area contributed by atoms with Crippen LogP contribution in [-0.4, -0.2) is 16.7 Å². The summed E-state index contributed by atoms with van der Waals surface area (Å²) < 4.78 is 5.72. The number of hydrogen-bond donors (Lipinski definition) is 1. The molecular weight excluding hydrogens is 262 g/mol. The zero-order valence-electron chi connectivity index (χ0n) is 13.2. The van der Waals surface area contributed by atoms with Gasteiger partial charge in [-0.15, -0.1) is 5.10 Å². The van der Waals surface area contributed by atoms with Crippen LogP contribution < -0.4 is 10.1 Å². The predicted molar refractivity (Wildman–Crippen MR) is 84.6 cm³/mol. The SMILES string of the molecule is Cc1ccc(Oc2ccc(CNCC(C)C)nn2)cc1C. The lowest BCUT2D eigenvalue weighted by Gasteiger charge is -2.08. The third kappa shape index (κ3) is 4.83. The summed E-state index contributed by atoms with van der Waals surface area (Å²) in [6, 6.07) is 9.80. The van der Waals surface area contributed by atoms with Crippen molar-refractivity contribution in [3.63, 3.8) is 0 Å². The van der Waals surface area contributed by atoms with Crippen LogP contribution in [0.5, 0.6) is 11.6 Å². The molecule has 2 aromatic rings. The maximum absolute atomic E-state index is 5.72. The molecule has 1 heterocycles. The number of nitrogens with zero attached hydrogens (tertiary/aromatic N) is 2. The first-order chi connectivity index (χ1) is 10.0. The second kappa shape index (κ2) is 7.18. The number of hydrogen-bond acceptors (Lipinski definition) is 4. The molecule has 0 amide bonds. The van der Waals surface area contributed by atoms with E-state index in [1.807, 2.05) is 30.3 Å². The molecule has 0 unspecified atom stereocenters. The maximum Gasteiger partial charge on any atom is 0.238 e. The summed E-state index contributed by atoms with van der Waals surface area (Å²) in [5.74, 6) is 1.94. The molecule has 0 saturated heterocycles. The Balaban J connectivity index is 1.94. The normalized spacial score (nSPS) is 10.9. The van der Waals surface area contributed by atoms with Gasteiger partial charge in [0.25, 0.3) is 0 Å². The van der Waals surface area contributed by atoms with Gasteiger partial charge >= 0.3 is 0 Å². The number of benzene rings is 1. The first-order valence-electron chi connectivity index (χ1n) is 7.33. The Morgan fingerprint density at radius 2 is 1.86 bits per heavy atom. The van der Waals surface area contributed by atoms with Crippen LogP contribution in [-0.2, 0) is 6.54 Å². The smallest absolute Gasteiger partial charge is 0.238 e. The van der Waals surface area contributed by atoms with Gasteiger partial charge in [0, 0.05) is 12.6 Å². The van der Waals surface area contributed by atoms with E-state index in [9.17, 15) is 0 Å². The molecule has 0 fully saturated rings. The van der Waals surface area contributed by atoms with Crippen molar-refractivity contribution in [2.24, 2.45) is 5.92 Å². The standard InChI is InChI=1S/C17H23N3O/c1-12(2)10-18-11-15-6-8-17(20-19-15)21-16-7-5-13(3)14(4)9-16/h5-9,12,18H,10-11H2,1-4H3. The fourth-order valence-corrected chi connectivity index (χ4v) is 1.88. The van der Waals surface area contributed by atoms with Crippen molar-refractivity contribution in [1.82, 2.24) is 15.5 Å². The zero-order chi connectivity index (χ0) is 15.2. The summed E-state index contributed by atoms with van der Waals surface area (Å²) >= 11 is 0. The number of rotatable bonds is 6. The van der Waals surface area contributed by atoms with Gasteiger partial charge in [-0.25, -0.2) is 0 Å². The Labute approximate surface area is 126 Å². The maximum atomic E-state index is 5.72. The summed E-state index contributed by atoms with van der Waals surface area (Å²) in [6.45, 7) is 10.2. The fraction of sp³-hybridized carbons (Fsp3) is 0.412. The molecule has 1 aromatic heterocycles. The quantitative estimate of drug-likeness (QED) is 0.880.